The molecule has 2 rings (SSSR count). The van der Waals surface area contributed by atoms with Crippen molar-refractivity contribution in [3.8, 4) is 0 Å². The first-order valence-corrected chi connectivity index (χ1v) is 6.53. The molecule has 4 heteroatoms. The molecule has 18 heavy (non-hydrogen) atoms. The summed E-state index contributed by atoms with van der Waals surface area (Å²) in [6.07, 6.45) is 5.83. The van der Waals surface area contributed by atoms with Gasteiger partial charge in [-0.05, 0) is 50.3 Å². The van der Waals surface area contributed by atoms with Crippen molar-refractivity contribution in [2.24, 2.45) is 0 Å². The Morgan fingerprint density at radius 2 is 1.67 bits per heavy atom. The van der Waals surface area contributed by atoms with Crippen LogP contribution in [0.4, 0.5) is 13.2 Å². The number of aryl methyl sites for hydroxylation is 1. The van der Waals surface area contributed by atoms with Crippen LogP contribution in [-0.4, -0.2) is 12.6 Å². The van der Waals surface area contributed by atoms with E-state index in [2.05, 4.69) is 5.32 Å². The smallest absolute Gasteiger partial charge is 0.161 e. The van der Waals surface area contributed by atoms with Crippen molar-refractivity contribution in [1.82, 2.24) is 5.32 Å². The Kier molecular flexibility index (Phi) is 4.64. The molecule has 0 amide bonds. The Balaban J connectivity index is 1.67. The second kappa shape index (κ2) is 6.23. The minimum absolute atomic E-state index is 0.268. The highest BCUT2D eigenvalue weighted by Gasteiger charge is 2.19. The molecule has 1 aliphatic carbocycles. The lowest BCUT2D eigenvalue weighted by atomic mass is 10.1. The summed E-state index contributed by atoms with van der Waals surface area (Å²) in [6, 6.07) is 2.31. The maximum Gasteiger partial charge on any atom is 0.161 e. The molecule has 1 nitrogen and oxygen atoms in total. The fourth-order valence-corrected chi connectivity index (χ4v) is 1.97. The monoisotopic (exact) mass is 257 g/mol. The molecule has 0 atom stereocenters. The maximum absolute atomic E-state index is 13.3. The van der Waals surface area contributed by atoms with Crippen molar-refractivity contribution in [2.45, 2.75) is 44.6 Å². The summed E-state index contributed by atoms with van der Waals surface area (Å²) in [5, 5.41) is 3.40. The van der Waals surface area contributed by atoms with Gasteiger partial charge >= 0.3 is 0 Å². The zero-order chi connectivity index (χ0) is 13.0. The Hall–Kier alpha value is -1.03. The SMILES string of the molecule is Fc1cc(F)c(CCCCCNC2CC2)cc1F. The van der Waals surface area contributed by atoms with E-state index in [1.165, 1.54) is 12.8 Å². The quantitative estimate of drug-likeness (QED) is 0.581. The summed E-state index contributed by atoms with van der Waals surface area (Å²) in [5.41, 5.74) is 0.268. The predicted octanol–water partition coefficient (Wildman–Crippen LogP) is 3.57. The molecule has 100 valence electrons. The average molecular weight is 257 g/mol. The van der Waals surface area contributed by atoms with Gasteiger partial charge in [0.15, 0.2) is 11.6 Å². The van der Waals surface area contributed by atoms with Gasteiger partial charge in [0.1, 0.15) is 5.82 Å². The first kappa shape index (κ1) is 13.4. The fraction of sp³-hybridized carbons (Fsp3) is 0.571. The number of halogens is 3. The van der Waals surface area contributed by atoms with E-state index < -0.39 is 17.5 Å². The number of rotatable bonds is 7. The number of nitrogens with one attached hydrogen (secondary N) is 1. The van der Waals surface area contributed by atoms with Gasteiger partial charge in [-0.15, -0.1) is 0 Å². The maximum atomic E-state index is 13.3. The van der Waals surface area contributed by atoms with Gasteiger partial charge in [-0.1, -0.05) is 6.42 Å². The van der Waals surface area contributed by atoms with Gasteiger partial charge in [-0.2, -0.15) is 0 Å². The van der Waals surface area contributed by atoms with E-state index in [1.807, 2.05) is 0 Å². The van der Waals surface area contributed by atoms with Crippen LogP contribution in [-0.2, 0) is 6.42 Å². The summed E-state index contributed by atoms with van der Waals surface area (Å²) < 4.78 is 38.9. The number of unbranched alkanes of at least 4 members (excludes halogenated alkanes) is 2. The Bertz CT molecular complexity index is 402. The molecule has 1 saturated carbocycles. The molecular weight excluding hydrogens is 239 g/mol. The second-order valence-corrected chi connectivity index (χ2v) is 4.90. The van der Waals surface area contributed by atoms with Crippen LogP contribution in [0.2, 0.25) is 0 Å². The van der Waals surface area contributed by atoms with E-state index in [-0.39, 0.29) is 5.56 Å². The third-order valence-corrected chi connectivity index (χ3v) is 3.22. The largest absolute Gasteiger partial charge is 0.314 e. The Labute approximate surface area is 105 Å². The molecule has 0 radical (unpaired) electrons. The molecule has 1 N–H and O–H groups in total. The van der Waals surface area contributed by atoms with Gasteiger partial charge in [0.05, 0.1) is 0 Å². The van der Waals surface area contributed by atoms with Crippen molar-refractivity contribution in [3.05, 3.63) is 35.1 Å². The lowest BCUT2D eigenvalue weighted by Crippen LogP contribution is -2.17. The third-order valence-electron chi connectivity index (χ3n) is 3.22. The van der Waals surface area contributed by atoms with Crippen LogP contribution in [0.3, 0.4) is 0 Å². The highest BCUT2D eigenvalue weighted by molar-refractivity contribution is 5.20. The van der Waals surface area contributed by atoms with Crippen LogP contribution in [0.1, 0.15) is 37.7 Å². The van der Waals surface area contributed by atoms with Crippen molar-refractivity contribution >= 4 is 0 Å². The van der Waals surface area contributed by atoms with E-state index in [4.69, 9.17) is 0 Å². The number of hydrogen-bond donors (Lipinski definition) is 1. The second-order valence-electron chi connectivity index (χ2n) is 4.90. The van der Waals surface area contributed by atoms with Crippen LogP contribution in [0.5, 0.6) is 0 Å². The molecule has 0 spiro atoms. The first-order valence-electron chi connectivity index (χ1n) is 6.53. The predicted molar refractivity (Wildman–Crippen MR) is 64.9 cm³/mol. The molecule has 1 aliphatic rings. The van der Waals surface area contributed by atoms with Crippen molar-refractivity contribution < 1.29 is 13.2 Å². The van der Waals surface area contributed by atoms with Gasteiger partial charge in [0, 0.05) is 12.1 Å². The zero-order valence-corrected chi connectivity index (χ0v) is 10.3. The molecule has 0 aromatic heterocycles. The molecule has 1 aromatic carbocycles. The van der Waals surface area contributed by atoms with Crippen molar-refractivity contribution in [1.29, 1.82) is 0 Å². The molecule has 0 unspecified atom stereocenters. The number of hydrogen-bond acceptors (Lipinski definition) is 1. The van der Waals surface area contributed by atoms with E-state index in [0.29, 0.717) is 18.5 Å². The summed E-state index contributed by atoms with van der Waals surface area (Å²) in [4.78, 5) is 0. The van der Waals surface area contributed by atoms with Crippen LogP contribution in [0, 0.1) is 17.5 Å². The number of benzene rings is 1. The topological polar surface area (TPSA) is 12.0 Å². The molecule has 0 heterocycles. The minimum Gasteiger partial charge on any atom is -0.314 e. The average Bonchev–Trinajstić information content (AvgIpc) is 3.13. The Morgan fingerprint density at radius 1 is 0.944 bits per heavy atom. The van der Waals surface area contributed by atoms with E-state index in [9.17, 15) is 13.2 Å². The van der Waals surface area contributed by atoms with Crippen molar-refractivity contribution in [3.63, 3.8) is 0 Å². The summed E-state index contributed by atoms with van der Waals surface area (Å²) in [5.74, 6) is -2.74. The normalized spacial score (nSPS) is 15.1. The van der Waals surface area contributed by atoms with Crippen molar-refractivity contribution in [2.75, 3.05) is 6.54 Å². The van der Waals surface area contributed by atoms with Gasteiger partial charge < -0.3 is 5.32 Å². The third kappa shape index (κ3) is 4.02. The van der Waals surface area contributed by atoms with Crippen LogP contribution < -0.4 is 5.32 Å². The Morgan fingerprint density at radius 3 is 2.39 bits per heavy atom. The summed E-state index contributed by atoms with van der Waals surface area (Å²) in [6.45, 7) is 0.991. The van der Waals surface area contributed by atoms with Gasteiger partial charge in [0.25, 0.3) is 0 Å². The van der Waals surface area contributed by atoms with E-state index in [0.717, 1.165) is 31.9 Å². The highest BCUT2D eigenvalue weighted by atomic mass is 19.2. The molecule has 1 fully saturated rings. The molecule has 0 aliphatic heterocycles. The van der Waals surface area contributed by atoms with Crippen LogP contribution >= 0.6 is 0 Å². The molecule has 0 bridgehead atoms. The fourth-order valence-electron chi connectivity index (χ4n) is 1.97. The lowest BCUT2D eigenvalue weighted by Gasteiger charge is -2.05. The molecule has 0 saturated heterocycles. The van der Waals surface area contributed by atoms with Gasteiger partial charge in [-0.3, -0.25) is 0 Å². The van der Waals surface area contributed by atoms with E-state index >= 15 is 0 Å². The lowest BCUT2D eigenvalue weighted by molar-refractivity contribution is 0.488. The van der Waals surface area contributed by atoms with Gasteiger partial charge in [0.2, 0.25) is 0 Å². The van der Waals surface area contributed by atoms with Gasteiger partial charge in [-0.25, -0.2) is 13.2 Å². The van der Waals surface area contributed by atoms with Crippen LogP contribution in [0.25, 0.3) is 0 Å². The van der Waals surface area contributed by atoms with E-state index in [1.54, 1.807) is 0 Å². The minimum atomic E-state index is -1.12. The first-order chi connectivity index (χ1) is 8.66. The molecule has 1 aromatic rings. The zero-order valence-electron chi connectivity index (χ0n) is 10.3. The summed E-state index contributed by atoms with van der Waals surface area (Å²) in [7, 11) is 0. The van der Waals surface area contributed by atoms with Crippen LogP contribution in [0.15, 0.2) is 12.1 Å². The molecular formula is C14H18F3N. The highest BCUT2D eigenvalue weighted by Crippen LogP contribution is 2.19. The standard InChI is InChI=1S/C14H18F3N/c15-12-9-14(17)13(16)8-10(12)4-2-1-3-7-18-11-5-6-11/h8-9,11,18H,1-7H2. The summed E-state index contributed by atoms with van der Waals surface area (Å²) >= 11 is 0.